The smallest absolute Gasteiger partial charge is 0.307 e. The lowest BCUT2D eigenvalue weighted by atomic mass is 10.0. The molecule has 0 bridgehead atoms. The number of hydrogen-bond donors (Lipinski definition) is 11. The fourth-order valence-corrected chi connectivity index (χ4v) is 8.77. The second kappa shape index (κ2) is 35.4. The Morgan fingerprint density at radius 3 is 1.14 bits per heavy atom. The van der Waals surface area contributed by atoms with Gasteiger partial charge in [-0.05, 0) is 90.3 Å². The number of aliphatic hydroxyl groups is 10. The molecular weight excluding hydrogens is 1120 g/mol. The molecule has 0 saturated heterocycles. The maximum atomic E-state index is 12.7. The van der Waals surface area contributed by atoms with Crippen molar-refractivity contribution in [2.24, 2.45) is 0 Å². The van der Waals surface area contributed by atoms with Crippen molar-refractivity contribution < 1.29 is 65.8 Å². The van der Waals surface area contributed by atoms with Gasteiger partial charge in [0.05, 0.1) is 90.1 Å². The predicted molar refractivity (Wildman–Crippen MR) is 315 cm³/mol. The quantitative estimate of drug-likeness (QED) is 0.0297. The number of pyridine rings is 4. The maximum absolute atomic E-state index is 12.7. The van der Waals surface area contributed by atoms with Gasteiger partial charge in [-0.25, -0.2) is 9.36 Å². The summed E-state index contributed by atoms with van der Waals surface area (Å²) in [6.45, 7) is 3.80. The second-order valence-electron chi connectivity index (χ2n) is 20.6. The van der Waals surface area contributed by atoms with Crippen molar-refractivity contribution >= 4 is 11.9 Å². The monoisotopic (exact) mass is 1200 g/mol. The van der Waals surface area contributed by atoms with Crippen LogP contribution in [0.15, 0.2) is 159 Å². The average molecular weight is 1200 g/mol. The fourth-order valence-electron chi connectivity index (χ4n) is 8.77. The van der Waals surface area contributed by atoms with E-state index in [2.05, 4.69) is 50.4 Å². The number of likely N-dealkylation sites (N-methyl/N-ethyl adjacent to an activating group) is 1. The summed E-state index contributed by atoms with van der Waals surface area (Å²) in [4.78, 5) is 47.0. The number of carboxylic acids is 1. The van der Waals surface area contributed by atoms with Crippen LogP contribution >= 0.6 is 0 Å². The highest BCUT2D eigenvalue weighted by Crippen LogP contribution is 2.18. The van der Waals surface area contributed by atoms with E-state index in [0.717, 1.165) is 56.7 Å². The minimum Gasteiger partial charge on any atom is -0.481 e. The van der Waals surface area contributed by atoms with Gasteiger partial charge in [0.1, 0.15) is 42.7 Å². The van der Waals surface area contributed by atoms with Gasteiger partial charge in [0.15, 0.2) is 0 Å². The van der Waals surface area contributed by atoms with Crippen molar-refractivity contribution in [3.05, 3.63) is 204 Å². The van der Waals surface area contributed by atoms with Gasteiger partial charge >= 0.3 is 5.97 Å². The molecule has 0 aliphatic carbocycles. The van der Waals surface area contributed by atoms with Crippen LogP contribution in [0.2, 0.25) is 0 Å². The van der Waals surface area contributed by atoms with Crippen LogP contribution in [-0.2, 0) is 61.7 Å². The van der Waals surface area contributed by atoms with E-state index in [1.165, 1.54) is 11.9 Å². The van der Waals surface area contributed by atoms with E-state index in [-0.39, 0.29) is 25.3 Å². The second-order valence-corrected chi connectivity index (χ2v) is 20.6. The minimum atomic E-state index is -1.75. The molecule has 0 spiro atoms. The number of aliphatic carboxylic acids is 1. The molecule has 6 heterocycles. The van der Waals surface area contributed by atoms with Crippen molar-refractivity contribution in [2.45, 2.75) is 121 Å². The van der Waals surface area contributed by atoms with Crippen LogP contribution in [0.1, 0.15) is 65.1 Å². The molecule has 8 rings (SSSR count). The van der Waals surface area contributed by atoms with Gasteiger partial charge < -0.3 is 61.1 Å². The molecule has 11 N–H and O–H groups in total. The van der Waals surface area contributed by atoms with Crippen molar-refractivity contribution in [3.8, 4) is 11.4 Å². The molecule has 6 aromatic heterocycles. The Hall–Kier alpha value is -8.22. The Bertz CT molecular complexity index is 3130. The van der Waals surface area contributed by atoms with E-state index in [4.69, 9.17) is 25.5 Å². The topological polar surface area (TPSA) is 379 Å². The Morgan fingerprint density at radius 1 is 0.460 bits per heavy atom. The number of carbonyl (C=O) groups is 2. The third-order valence-electron chi connectivity index (χ3n) is 13.5. The SMILES string of the molecule is CCC[C@H](O)[C@@H](O)[C@H](O)[C@H](O)CO.CN(C[C@H](O)[C@@H](O)[C@H](O)[C@H](O)CO)C(=O)Cc1ccc(-n2cc(CN(Cc3ccccn3)Cc3ccccn3)nn2)cc1.O=C(O)Cc1ccc(-n2cc(CN(Cc3ccccn3)Cc3ccccn3)nn2)cc1. The Balaban J connectivity index is 0.000000239. The molecule has 0 fully saturated rings. The summed E-state index contributed by atoms with van der Waals surface area (Å²) in [5.41, 5.74) is 8.47. The predicted octanol–water partition coefficient (Wildman–Crippen LogP) is 0.806. The van der Waals surface area contributed by atoms with Crippen molar-refractivity contribution in [1.29, 1.82) is 0 Å². The number of hydrogen-bond acceptors (Lipinski definition) is 22. The summed E-state index contributed by atoms with van der Waals surface area (Å²) < 4.78 is 3.36. The molecule has 87 heavy (non-hydrogen) atoms. The number of carboxylic acid groups (broad SMARTS) is 1. The van der Waals surface area contributed by atoms with E-state index < -0.39 is 68.0 Å². The van der Waals surface area contributed by atoms with Crippen molar-refractivity contribution in [2.75, 3.05) is 26.8 Å². The summed E-state index contributed by atoms with van der Waals surface area (Å²) in [7, 11) is 1.46. The van der Waals surface area contributed by atoms with Gasteiger partial charge in [0, 0.05) is 77.6 Å². The first-order valence-corrected chi connectivity index (χ1v) is 28.1. The van der Waals surface area contributed by atoms with Crippen LogP contribution in [0.3, 0.4) is 0 Å². The first-order chi connectivity index (χ1) is 41.9. The number of aromatic nitrogens is 10. The molecule has 0 aliphatic heterocycles. The molecule has 0 radical (unpaired) electrons. The Labute approximate surface area is 503 Å². The number of nitrogens with zero attached hydrogens (tertiary/aromatic N) is 13. The number of rotatable bonds is 30. The molecular formula is C61H77N13O13. The summed E-state index contributed by atoms with van der Waals surface area (Å²) in [5, 5.41) is 119. The highest BCUT2D eigenvalue weighted by atomic mass is 16.4. The van der Waals surface area contributed by atoms with E-state index in [0.29, 0.717) is 52.1 Å². The van der Waals surface area contributed by atoms with Gasteiger partial charge in [-0.2, -0.15) is 0 Å². The Morgan fingerprint density at radius 2 is 0.805 bits per heavy atom. The van der Waals surface area contributed by atoms with E-state index in [1.54, 1.807) is 58.4 Å². The van der Waals surface area contributed by atoms with Crippen LogP contribution in [0.25, 0.3) is 11.4 Å². The van der Waals surface area contributed by atoms with Crippen LogP contribution in [0, 0.1) is 0 Å². The molecule has 2 aromatic carbocycles. The molecule has 0 unspecified atom stereocenters. The summed E-state index contributed by atoms with van der Waals surface area (Å²) in [6, 6.07) is 37.9. The lowest BCUT2D eigenvalue weighted by Gasteiger charge is -2.28. The third-order valence-corrected chi connectivity index (χ3v) is 13.5. The number of benzene rings is 2. The van der Waals surface area contributed by atoms with E-state index in [1.807, 2.05) is 116 Å². The zero-order valence-corrected chi connectivity index (χ0v) is 48.4. The van der Waals surface area contributed by atoms with Gasteiger partial charge in [-0.15, -0.1) is 10.2 Å². The van der Waals surface area contributed by atoms with Crippen LogP contribution in [-0.4, -0.2) is 208 Å². The first kappa shape index (κ1) is 67.9. The normalized spacial score (nSPS) is 14.1. The van der Waals surface area contributed by atoms with Gasteiger partial charge in [0.25, 0.3) is 0 Å². The van der Waals surface area contributed by atoms with Crippen molar-refractivity contribution in [1.82, 2.24) is 64.6 Å². The zero-order chi connectivity index (χ0) is 62.7. The van der Waals surface area contributed by atoms with Crippen LogP contribution in [0.5, 0.6) is 0 Å². The molecule has 26 heteroatoms. The standard InChI is InChI=1S/C30H37N7O6.C23H22N6O2.C8H18O5/c1-35(19-26(39)29(42)30(43)27(40)20-38)28(41)14-21-8-10-25(11-9-21)37-18-24(33-34-37)17-36(15-22-6-2-4-12-31-22)16-23-7-3-5-13-32-23;30-23(31)13-18-7-9-22(10-8-18)29-17-21(26-27-29)16-28(14-19-5-1-3-11-24-19)15-20-6-2-4-12-25-20;1-2-3-5(10)7(12)8(13)6(11)4-9/h2-13,18,26-27,29-30,38-40,42-43H,14-17,19-20H2,1H3;1-12,17H,13-16H2,(H,30,31);5-13H,2-4H2,1H3/t26-,27+,29+,30+;;5-,6+,7+,8+/m0.0/s1. The molecule has 8 atom stereocenters. The highest BCUT2D eigenvalue weighted by Gasteiger charge is 2.32. The van der Waals surface area contributed by atoms with Gasteiger partial charge in [-0.1, -0.05) is 72.3 Å². The fraction of sp³-hybridized carbons (Fsp3) is 0.377. The molecule has 0 saturated carbocycles. The molecule has 1 amide bonds. The van der Waals surface area contributed by atoms with Crippen LogP contribution in [0.4, 0.5) is 0 Å². The summed E-state index contributed by atoms with van der Waals surface area (Å²) in [5.74, 6) is -1.17. The molecule has 8 aromatic rings. The first-order valence-electron chi connectivity index (χ1n) is 28.1. The molecule has 26 nitrogen and oxygen atoms in total. The molecule has 464 valence electrons. The van der Waals surface area contributed by atoms with Gasteiger partial charge in [-0.3, -0.25) is 39.3 Å². The lowest BCUT2D eigenvalue weighted by molar-refractivity contribution is -0.137. The third kappa shape index (κ3) is 22.5. The summed E-state index contributed by atoms with van der Waals surface area (Å²) in [6.07, 6.45) is -0.108. The number of carbonyl (C=O) groups excluding carboxylic acids is 1. The number of aliphatic hydroxyl groups excluding tert-OH is 10. The maximum Gasteiger partial charge on any atom is 0.307 e. The lowest BCUT2D eigenvalue weighted by Crippen LogP contribution is -2.50. The van der Waals surface area contributed by atoms with Crippen LogP contribution < -0.4 is 0 Å². The zero-order valence-electron chi connectivity index (χ0n) is 48.4. The van der Waals surface area contributed by atoms with E-state index >= 15 is 0 Å². The summed E-state index contributed by atoms with van der Waals surface area (Å²) >= 11 is 0. The van der Waals surface area contributed by atoms with Crippen molar-refractivity contribution in [3.63, 3.8) is 0 Å². The van der Waals surface area contributed by atoms with E-state index in [9.17, 15) is 40.2 Å². The highest BCUT2D eigenvalue weighted by molar-refractivity contribution is 5.78. The minimum absolute atomic E-state index is 0.00110. The Kier molecular flexibility index (Phi) is 27.6. The average Bonchev–Trinajstić information content (AvgIpc) is 3.57. The largest absolute Gasteiger partial charge is 0.481 e. The number of amides is 1. The molecule has 0 aliphatic rings. The van der Waals surface area contributed by atoms with Gasteiger partial charge in [0.2, 0.25) is 5.91 Å².